The van der Waals surface area contributed by atoms with Crippen molar-refractivity contribution >= 4 is 33.5 Å². The number of rotatable bonds is 25. The summed E-state index contributed by atoms with van der Waals surface area (Å²) in [7, 11) is 8.02. The summed E-state index contributed by atoms with van der Waals surface area (Å²) < 4.78 is 10.9. The molecule has 0 atom stereocenters. The van der Waals surface area contributed by atoms with Gasteiger partial charge in [0.15, 0.2) is 0 Å². The van der Waals surface area contributed by atoms with Gasteiger partial charge in [0.2, 0.25) is 0 Å². The van der Waals surface area contributed by atoms with Crippen molar-refractivity contribution < 1.29 is 19.1 Å². The average Bonchev–Trinajstić information content (AvgIpc) is 3.15. The summed E-state index contributed by atoms with van der Waals surface area (Å²) in [6.07, 6.45) is 33.2. The molecule has 0 heterocycles. The van der Waals surface area contributed by atoms with Gasteiger partial charge in [-0.25, -0.2) is 9.59 Å². The maximum atomic E-state index is 12.3. The quantitative estimate of drug-likeness (QED) is 0.0296. The number of carbonyl (C=O) groups excluding carboxylic acids is 2. The minimum atomic E-state index is -0.291. The minimum Gasteiger partial charge on any atom is -0.462 e. The smallest absolute Gasteiger partial charge is 0.331 e. The predicted octanol–water partition coefficient (Wildman–Crippen LogP) is 13.2. The number of hydrogen-bond acceptors (Lipinski definition) is 8. The molecule has 0 aromatic rings. The highest BCUT2D eigenvalue weighted by Gasteiger charge is 2.27. The molecule has 0 amide bonds. The highest BCUT2D eigenvalue weighted by Crippen LogP contribution is 2.41. The molecular formula is C52H80N2O4S2. The van der Waals surface area contributed by atoms with Crippen molar-refractivity contribution in [3.63, 3.8) is 0 Å². The van der Waals surface area contributed by atoms with E-state index >= 15 is 0 Å². The van der Waals surface area contributed by atoms with E-state index in [-0.39, 0.29) is 22.8 Å². The Morgan fingerprint density at radius 3 is 1.35 bits per heavy atom. The molecule has 0 unspecified atom stereocenters. The Morgan fingerprint density at radius 1 is 0.600 bits per heavy atom. The first-order chi connectivity index (χ1) is 28.4. The fraction of sp³-hybridized carbons (Fsp3) is 0.577. The van der Waals surface area contributed by atoms with Gasteiger partial charge in [0.05, 0.1) is 13.2 Å². The van der Waals surface area contributed by atoms with Crippen LogP contribution >= 0.6 is 21.6 Å². The van der Waals surface area contributed by atoms with Gasteiger partial charge in [-0.15, -0.1) is 0 Å². The molecule has 0 bridgehead atoms. The second-order valence-electron chi connectivity index (χ2n) is 18.1. The predicted molar refractivity (Wildman–Crippen MR) is 263 cm³/mol. The van der Waals surface area contributed by atoms with Gasteiger partial charge in [-0.2, -0.15) is 0 Å². The average molecular weight is 861 g/mol. The summed E-state index contributed by atoms with van der Waals surface area (Å²) in [5.74, 6) is 1.50. The molecule has 0 aromatic carbocycles. The Morgan fingerprint density at radius 2 is 0.983 bits per heavy atom. The number of esters is 2. The van der Waals surface area contributed by atoms with E-state index in [1.807, 2.05) is 59.7 Å². The Balaban J connectivity index is 1.51. The zero-order valence-corrected chi connectivity index (χ0v) is 41.2. The molecule has 60 heavy (non-hydrogen) atoms. The van der Waals surface area contributed by atoms with Crippen LogP contribution in [-0.4, -0.2) is 86.7 Å². The topological polar surface area (TPSA) is 59.1 Å². The summed E-state index contributed by atoms with van der Waals surface area (Å²) in [5, 5.41) is 0. The summed E-state index contributed by atoms with van der Waals surface area (Å²) in [6.45, 7) is 26.5. The highest BCUT2D eigenvalue weighted by atomic mass is 33.1. The summed E-state index contributed by atoms with van der Waals surface area (Å²) in [5.41, 5.74) is 10.5. The first-order valence-corrected chi connectivity index (χ1v) is 24.7. The molecule has 2 rings (SSSR count). The second-order valence-corrected chi connectivity index (χ2v) is 20.8. The Kier molecular flexibility index (Phi) is 25.3. The van der Waals surface area contributed by atoms with Gasteiger partial charge >= 0.3 is 11.9 Å². The van der Waals surface area contributed by atoms with Crippen LogP contribution in [0.15, 0.2) is 117 Å². The third-order valence-corrected chi connectivity index (χ3v) is 13.7. The molecule has 0 radical (unpaired) electrons. The molecule has 0 aromatic heterocycles. The van der Waals surface area contributed by atoms with Crippen molar-refractivity contribution in [1.29, 1.82) is 0 Å². The Bertz CT molecular complexity index is 1570. The first kappa shape index (κ1) is 53.1. The number of nitrogens with zero attached hydrogens (tertiary/aromatic N) is 2. The van der Waals surface area contributed by atoms with Gasteiger partial charge in [0.1, 0.15) is 0 Å². The molecule has 6 nitrogen and oxygen atoms in total. The van der Waals surface area contributed by atoms with Gasteiger partial charge in [-0.3, -0.25) is 0 Å². The standard InChI is InChI=1S/C52H80N2O4S2/c1-41(25-27-47-45(5)23-15-29-51(47,7)8)19-13-21-43(3)39-49(55)57-35-17-31-53(11)33-37-59-60-38-34-54(12)32-18-36-58-50(56)40-44(4)22-14-20-42(2)26-28-48-46(6)24-16-30-52(48,9)10/h13-14,19-22,25-28,39-40H,15-18,23-24,29-38H2,1-12H3. The van der Waals surface area contributed by atoms with Crippen molar-refractivity contribution in [1.82, 2.24) is 9.80 Å². The van der Waals surface area contributed by atoms with E-state index < -0.39 is 0 Å². The van der Waals surface area contributed by atoms with Gasteiger partial charge < -0.3 is 19.3 Å². The van der Waals surface area contributed by atoms with E-state index in [1.54, 1.807) is 12.2 Å². The molecule has 0 saturated heterocycles. The van der Waals surface area contributed by atoms with Crippen LogP contribution in [0.1, 0.15) is 121 Å². The van der Waals surface area contributed by atoms with Crippen LogP contribution in [0.3, 0.4) is 0 Å². The number of allylic oxidation sites excluding steroid dienone is 18. The number of hydrogen-bond donors (Lipinski definition) is 0. The Hall–Kier alpha value is -3.04. The lowest BCUT2D eigenvalue weighted by Gasteiger charge is -2.33. The summed E-state index contributed by atoms with van der Waals surface area (Å²) >= 11 is 0. The SMILES string of the molecule is CC(C=CC1=C(C)CCCC1(C)C)=CC=CC(C)=CC(=O)OCCCN(C)CCSSCCN(C)CCCOC(=O)C=C(C)C=CC=C(C)C=CC1=C(C)CCCC1(C)C. The maximum absolute atomic E-state index is 12.3. The lowest BCUT2D eigenvalue weighted by atomic mass is 9.72. The van der Waals surface area contributed by atoms with E-state index in [2.05, 4.69) is 116 Å². The first-order valence-electron chi connectivity index (χ1n) is 22.2. The van der Waals surface area contributed by atoms with Gasteiger partial charge in [0.25, 0.3) is 0 Å². The molecule has 0 aliphatic heterocycles. The maximum Gasteiger partial charge on any atom is 0.331 e. The third-order valence-electron chi connectivity index (χ3n) is 11.3. The zero-order chi connectivity index (χ0) is 44.6. The largest absolute Gasteiger partial charge is 0.462 e. The van der Waals surface area contributed by atoms with Crippen LogP contribution < -0.4 is 0 Å². The van der Waals surface area contributed by atoms with E-state index in [1.165, 1.54) is 72.0 Å². The van der Waals surface area contributed by atoms with Crippen molar-refractivity contribution in [3.05, 3.63) is 117 Å². The van der Waals surface area contributed by atoms with Crippen LogP contribution in [0.5, 0.6) is 0 Å². The van der Waals surface area contributed by atoms with Crippen molar-refractivity contribution in [3.8, 4) is 0 Å². The second kappa shape index (κ2) is 28.5. The van der Waals surface area contributed by atoms with Crippen LogP contribution in [-0.2, 0) is 19.1 Å². The van der Waals surface area contributed by atoms with Crippen LogP contribution in [0.25, 0.3) is 0 Å². The molecule has 334 valence electrons. The summed E-state index contributed by atoms with van der Waals surface area (Å²) in [4.78, 5) is 29.2. The molecule has 2 aliphatic rings. The van der Waals surface area contributed by atoms with Crippen molar-refractivity contribution in [2.75, 3.05) is 65.0 Å². The van der Waals surface area contributed by atoms with Gasteiger partial charge in [-0.05, 0) is 140 Å². The lowest BCUT2D eigenvalue weighted by molar-refractivity contribution is -0.138. The highest BCUT2D eigenvalue weighted by molar-refractivity contribution is 8.76. The van der Waals surface area contributed by atoms with E-state index in [0.29, 0.717) is 13.2 Å². The van der Waals surface area contributed by atoms with Crippen molar-refractivity contribution in [2.45, 2.75) is 121 Å². The van der Waals surface area contributed by atoms with E-state index in [0.717, 1.165) is 61.7 Å². The lowest BCUT2D eigenvalue weighted by Crippen LogP contribution is -2.24. The molecule has 0 fully saturated rings. The molecule has 2 aliphatic carbocycles. The van der Waals surface area contributed by atoms with Crippen LogP contribution in [0, 0.1) is 10.8 Å². The van der Waals surface area contributed by atoms with Gasteiger partial charge in [-0.1, -0.05) is 132 Å². The molecule has 0 N–H and O–H groups in total. The zero-order valence-electron chi connectivity index (χ0n) is 39.6. The normalized spacial score (nSPS) is 18.4. The third kappa shape index (κ3) is 22.7. The Labute approximate surface area is 374 Å². The molecule has 0 saturated carbocycles. The van der Waals surface area contributed by atoms with E-state index in [9.17, 15) is 9.59 Å². The van der Waals surface area contributed by atoms with Crippen molar-refractivity contribution in [2.24, 2.45) is 10.8 Å². The monoisotopic (exact) mass is 861 g/mol. The van der Waals surface area contributed by atoms with Crippen LogP contribution in [0.4, 0.5) is 0 Å². The van der Waals surface area contributed by atoms with E-state index in [4.69, 9.17) is 9.47 Å². The summed E-state index contributed by atoms with van der Waals surface area (Å²) in [6, 6.07) is 0. The fourth-order valence-corrected chi connectivity index (χ4v) is 9.72. The fourth-order valence-electron chi connectivity index (χ4n) is 7.56. The minimum absolute atomic E-state index is 0.238. The molecular weight excluding hydrogens is 781 g/mol. The number of carbonyl (C=O) groups is 2. The van der Waals surface area contributed by atoms with Gasteiger partial charge in [0, 0.05) is 49.8 Å². The number of ether oxygens (including phenoxy) is 2. The molecule has 8 heteroatoms. The van der Waals surface area contributed by atoms with Crippen LogP contribution in [0.2, 0.25) is 0 Å². The molecule has 0 spiro atoms.